The average Bonchev–Trinajstić information content (AvgIpc) is 3.36. The van der Waals surface area contributed by atoms with Crippen molar-refractivity contribution in [3.8, 4) is 5.82 Å². The Morgan fingerprint density at radius 2 is 1.82 bits per heavy atom. The van der Waals surface area contributed by atoms with E-state index in [-0.39, 0.29) is 27.1 Å². The van der Waals surface area contributed by atoms with Crippen LogP contribution in [0.3, 0.4) is 0 Å². The number of fused-ring (bicyclic) bond motifs is 1. The van der Waals surface area contributed by atoms with E-state index in [4.69, 9.17) is 23.2 Å². The van der Waals surface area contributed by atoms with Gasteiger partial charge in [0.25, 0.3) is 11.8 Å². The standard InChI is InChI=1S/C26H22Cl2F3N5O2S/c1-2-11-39-12-10-33-24(37)17-13-15-6-3-4-7-16(15)21(28)22(17)34-25(38)19-14-20(26(29,30)31)35-36(19)23-18(27)8-5-9-32-23/h3-9,13-14H,2,10-12H2,1H3,(H,33,37)(H,34,38). The highest BCUT2D eigenvalue weighted by atomic mass is 35.5. The van der Waals surface area contributed by atoms with Crippen molar-refractivity contribution in [2.45, 2.75) is 19.5 Å². The summed E-state index contributed by atoms with van der Waals surface area (Å²) in [5.41, 5.74) is -1.81. The first-order valence-electron chi connectivity index (χ1n) is 11.8. The van der Waals surface area contributed by atoms with Crippen molar-refractivity contribution in [2.24, 2.45) is 0 Å². The van der Waals surface area contributed by atoms with Crippen molar-refractivity contribution in [3.63, 3.8) is 0 Å². The Bertz CT molecular complexity index is 1530. The zero-order valence-electron chi connectivity index (χ0n) is 20.5. The Morgan fingerprint density at radius 3 is 2.54 bits per heavy atom. The van der Waals surface area contributed by atoms with Crippen LogP contribution >= 0.6 is 35.0 Å². The van der Waals surface area contributed by atoms with Crippen molar-refractivity contribution in [1.82, 2.24) is 20.1 Å². The monoisotopic (exact) mass is 595 g/mol. The fourth-order valence-corrected chi connectivity index (χ4v) is 5.00. The van der Waals surface area contributed by atoms with E-state index in [2.05, 4.69) is 27.6 Å². The van der Waals surface area contributed by atoms with Crippen LogP contribution in [0, 0.1) is 0 Å². The van der Waals surface area contributed by atoms with Crippen molar-refractivity contribution >= 4 is 63.2 Å². The number of amides is 2. The lowest BCUT2D eigenvalue weighted by Gasteiger charge is -2.16. The minimum atomic E-state index is -4.84. The van der Waals surface area contributed by atoms with Crippen LogP contribution in [-0.2, 0) is 6.18 Å². The zero-order valence-corrected chi connectivity index (χ0v) is 22.8. The Labute approximate surface area is 236 Å². The van der Waals surface area contributed by atoms with E-state index >= 15 is 0 Å². The summed E-state index contributed by atoms with van der Waals surface area (Å²) in [5.74, 6) is -0.0246. The molecule has 2 N–H and O–H groups in total. The largest absolute Gasteiger partial charge is 0.435 e. The molecule has 4 aromatic rings. The molecule has 2 aromatic heterocycles. The molecule has 2 aromatic carbocycles. The molecule has 0 fully saturated rings. The van der Waals surface area contributed by atoms with Crippen molar-refractivity contribution in [3.05, 3.63) is 81.7 Å². The number of carbonyl (C=O) groups excluding carboxylic acids is 2. The molecule has 2 amide bonds. The molecule has 13 heteroatoms. The number of thioether (sulfide) groups is 1. The lowest BCUT2D eigenvalue weighted by atomic mass is 10.0. The molecule has 39 heavy (non-hydrogen) atoms. The van der Waals surface area contributed by atoms with Gasteiger partial charge in [-0.25, -0.2) is 9.67 Å². The van der Waals surface area contributed by atoms with E-state index in [1.165, 1.54) is 18.3 Å². The number of anilines is 1. The zero-order chi connectivity index (χ0) is 28.2. The quantitative estimate of drug-likeness (QED) is 0.206. The summed E-state index contributed by atoms with van der Waals surface area (Å²) in [6.07, 6.45) is -2.53. The van der Waals surface area contributed by atoms with Gasteiger partial charge in [-0.05, 0) is 35.8 Å². The maximum atomic E-state index is 13.6. The summed E-state index contributed by atoms with van der Waals surface area (Å²) in [6, 6.07) is 12.0. The lowest BCUT2D eigenvalue weighted by Crippen LogP contribution is -2.28. The van der Waals surface area contributed by atoms with Gasteiger partial charge in [-0.3, -0.25) is 9.59 Å². The molecule has 7 nitrogen and oxygen atoms in total. The number of benzene rings is 2. The van der Waals surface area contributed by atoms with E-state index in [0.29, 0.717) is 33.8 Å². The third-order valence-corrected chi connectivity index (χ3v) is 7.40. The molecule has 0 atom stereocenters. The van der Waals surface area contributed by atoms with Gasteiger partial charge in [0.1, 0.15) is 5.69 Å². The molecule has 4 rings (SSSR count). The van der Waals surface area contributed by atoms with Crippen LogP contribution in [0.25, 0.3) is 16.6 Å². The van der Waals surface area contributed by atoms with Gasteiger partial charge in [0, 0.05) is 29.9 Å². The number of aromatic nitrogens is 3. The second-order valence-electron chi connectivity index (χ2n) is 8.29. The van der Waals surface area contributed by atoms with Gasteiger partial charge in [0.15, 0.2) is 11.5 Å². The Hall–Kier alpha value is -3.28. The predicted molar refractivity (Wildman–Crippen MR) is 148 cm³/mol. The number of nitrogens with one attached hydrogen (secondary N) is 2. The molecule has 2 heterocycles. The molecule has 204 valence electrons. The van der Waals surface area contributed by atoms with Gasteiger partial charge < -0.3 is 10.6 Å². The van der Waals surface area contributed by atoms with Crippen LogP contribution < -0.4 is 10.6 Å². The molecule has 0 aliphatic carbocycles. The number of rotatable bonds is 9. The summed E-state index contributed by atoms with van der Waals surface area (Å²) < 4.78 is 41.4. The van der Waals surface area contributed by atoms with E-state index in [1.807, 2.05) is 0 Å². The normalized spacial score (nSPS) is 11.5. The molecule has 0 bridgehead atoms. The second-order valence-corrected chi connectivity index (χ2v) is 10.3. The van der Waals surface area contributed by atoms with Gasteiger partial charge in [-0.2, -0.15) is 30.0 Å². The molecule has 0 unspecified atom stereocenters. The fourth-order valence-electron chi connectivity index (χ4n) is 3.74. The van der Waals surface area contributed by atoms with Gasteiger partial charge in [0.05, 0.1) is 21.3 Å². The third-order valence-electron chi connectivity index (χ3n) is 5.52. The Kier molecular flexibility index (Phi) is 9.04. The van der Waals surface area contributed by atoms with E-state index in [0.717, 1.165) is 12.2 Å². The Morgan fingerprint density at radius 1 is 1.05 bits per heavy atom. The summed E-state index contributed by atoms with van der Waals surface area (Å²) in [7, 11) is 0. The number of alkyl halides is 3. The van der Waals surface area contributed by atoms with E-state index in [9.17, 15) is 22.8 Å². The van der Waals surface area contributed by atoms with Crippen molar-refractivity contribution in [2.75, 3.05) is 23.4 Å². The second kappa shape index (κ2) is 12.3. The summed E-state index contributed by atoms with van der Waals surface area (Å²) in [4.78, 5) is 30.6. The number of nitrogens with zero attached hydrogens (tertiary/aromatic N) is 3. The van der Waals surface area contributed by atoms with Crippen molar-refractivity contribution in [1.29, 1.82) is 0 Å². The van der Waals surface area contributed by atoms with Crippen LogP contribution in [0.2, 0.25) is 10.0 Å². The van der Waals surface area contributed by atoms with E-state index < -0.39 is 29.4 Å². The minimum absolute atomic E-state index is 0.0203. The predicted octanol–water partition coefficient (Wildman–Crippen LogP) is 6.87. The SMILES string of the molecule is CCCSCCNC(=O)c1cc2ccccc2c(Cl)c1NC(=O)c1cc(C(F)(F)F)nn1-c1ncccc1Cl. The first kappa shape index (κ1) is 28.7. The topological polar surface area (TPSA) is 88.9 Å². The first-order chi connectivity index (χ1) is 18.6. The molecule has 0 aliphatic rings. The fraction of sp³-hybridized carbons (Fsp3) is 0.231. The van der Waals surface area contributed by atoms with Gasteiger partial charge in [0.2, 0.25) is 0 Å². The lowest BCUT2D eigenvalue weighted by molar-refractivity contribution is -0.141. The van der Waals surface area contributed by atoms with Gasteiger partial charge in [-0.15, -0.1) is 0 Å². The molecule has 0 aliphatic heterocycles. The highest BCUT2D eigenvalue weighted by molar-refractivity contribution is 7.99. The Balaban J connectivity index is 1.75. The number of hydrogen-bond donors (Lipinski definition) is 2. The van der Waals surface area contributed by atoms with Gasteiger partial charge in [-0.1, -0.05) is 54.4 Å². The molecular formula is C26H22Cl2F3N5O2S. The minimum Gasteiger partial charge on any atom is -0.351 e. The van der Waals surface area contributed by atoms with Crippen LogP contribution in [0.5, 0.6) is 0 Å². The summed E-state index contributed by atoms with van der Waals surface area (Å²) >= 11 is 14.5. The van der Waals surface area contributed by atoms with Crippen LogP contribution in [0.4, 0.5) is 18.9 Å². The average molecular weight is 596 g/mol. The molecule has 0 saturated heterocycles. The molecular weight excluding hydrogens is 574 g/mol. The smallest absolute Gasteiger partial charge is 0.351 e. The van der Waals surface area contributed by atoms with E-state index in [1.54, 1.807) is 42.1 Å². The number of pyridine rings is 1. The van der Waals surface area contributed by atoms with Crippen LogP contribution in [0.1, 0.15) is 39.9 Å². The maximum absolute atomic E-state index is 13.6. The highest BCUT2D eigenvalue weighted by Crippen LogP contribution is 2.36. The molecule has 0 saturated carbocycles. The van der Waals surface area contributed by atoms with Gasteiger partial charge >= 0.3 is 6.18 Å². The molecule has 0 spiro atoms. The van der Waals surface area contributed by atoms with Crippen LogP contribution in [0.15, 0.2) is 54.7 Å². The first-order valence-corrected chi connectivity index (χ1v) is 13.7. The van der Waals surface area contributed by atoms with Crippen molar-refractivity contribution < 1.29 is 22.8 Å². The number of carbonyl (C=O) groups is 2. The molecule has 0 radical (unpaired) electrons. The number of hydrogen-bond acceptors (Lipinski definition) is 5. The summed E-state index contributed by atoms with van der Waals surface area (Å²) in [6.45, 7) is 2.43. The summed E-state index contributed by atoms with van der Waals surface area (Å²) in [5, 5.41) is 10.1. The highest BCUT2D eigenvalue weighted by Gasteiger charge is 2.37. The maximum Gasteiger partial charge on any atom is 0.435 e. The van der Waals surface area contributed by atoms with Crippen LogP contribution in [-0.4, -0.2) is 44.6 Å². The number of halogens is 5. The third kappa shape index (κ3) is 6.48.